The first kappa shape index (κ1) is 11.5. The molecule has 1 rings (SSSR count). The van der Waals surface area contributed by atoms with E-state index in [9.17, 15) is 9.90 Å². The number of phenols is 1. The number of nitrogens with two attached hydrogens (primary N) is 1. The van der Waals surface area contributed by atoms with Gasteiger partial charge in [0.25, 0.3) is 0 Å². The Balaban J connectivity index is 2.41. The van der Waals surface area contributed by atoms with Crippen molar-refractivity contribution in [3.63, 3.8) is 0 Å². The highest BCUT2D eigenvalue weighted by atomic mass is 16.7. The van der Waals surface area contributed by atoms with E-state index in [0.29, 0.717) is 18.7 Å². The van der Waals surface area contributed by atoms with Crippen molar-refractivity contribution >= 4 is 5.97 Å². The highest BCUT2D eigenvalue weighted by molar-refractivity contribution is 5.73. The molecule has 0 radical (unpaired) electrons. The second-order valence-corrected chi connectivity index (χ2v) is 2.96. The topological polar surface area (TPSA) is 84.6 Å². The number of nitrogens with one attached hydrogen (secondary N) is 1. The Hall–Kier alpha value is -1.59. The number of hydroxylamine groups is 1. The summed E-state index contributed by atoms with van der Waals surface area (Å²) in [5.41, 5.74) is 8.15. The lowest BCUT2D eigenvalue weighted by molar-refractivity contribution is -0.150. The first-order chi connectivity index (χ1) is 7.24. The molecule has 0 spiro atoms. The van der Waals surface area contributed by atoms with Gasteiger partial charge in [-0.25, -0.2) is 0 Å². The van der Waals surface area contributed by atoms with E-state index in [0.717, 1.165) is 0 Å². The number of hydrogen-bond donors (Lipinski definition) is 3. The lowest BCUT2D eigenvalue weighted by Gasteiger charge is -2.05. The molecular weight excluding hydrogens is 196 g/mol. The van der Waals surface area contributed by atoms with Crippen LogP contribution in [0.2, 0.25) is 0 Å². The van der Waals surface area contributed by atoms with Crippen LogP contribution < -0.4 is 11.2 Å². The summed E-state index contributed by atoms with van der Waals surface area (Å²) < 4.78 is 0. The van der Waals surface area contributed by atoms with Crippen molar-refractivity contribution in [3.05, 3.63) is 29.8 Å². The number of benzene rings is 1. The van der Waals surface area contributed by atoms with Gasteiger partial charge in [0.1, 0.15) is 5.75 Å². The molecule has 0 saturated carbocycles. The molecular formula is C10H14N2O3. The molecule has 0 bridgehead atoms. The Morgan fingerprint density at radius 2 is 2.20 bits per heavy atom. The van der Waals surface area contributed by atoms with Crippen LogP contribution in [0.4, 0.5) is 0 Å². The molecule has 0 heterocycles. The standard InChI is InChI=1S/C10H14N2O3/c11-5-6-12-15-10(14)7-8-3-1-2-4-9(8)13/h1-4,12-13H,5-7,11H2. The van der Waals surface area contributed by atoms with Crippen LogP contribution in [0.1, 0.15) is 5.56 Å². The smallest absolute Gasteiger partial charge is 0.329 e. The Labute approximate surface area is 87.8 Å². The highest BCUT2D eigenvalue weighted by Crippen LogP contribution is 2.15. The van der Waals surface area contributed by atoms with Crippen LogP contribution in [0.5, 0.6) is 5.75 Å². The molecule has 0 aliphatic heterocycles. The van der Waals surface area contributed by atoms with Gasteiger partial charge in [0.15, 0.2) is 0 Å². The number of aromatic hydroxyl groups is 1. The predicted molar refractivity (Wildman–Crippen MR) is 55.0 cm³/mol. The van der Waals surface area contributed by atoms with Gasteiger partial charge in [-0.1, -0.05) is 18.2 Å². The zero-order chi connectivity index (χ0) is 11.1. The molecule has 4 N–H and O–H groups in total. The molecule has 0 saturated heterocycles. The fraction of sp³-hybridized carbons (Fsp3) is 0.300. The largest absolute Gasteiger partial charge is 0.508 e. The summed E-state index contributed by atoms with van der Waals surface area (Å²) in [7, 11) is 0. The molecule has 0 aliphatic rings. The third-order valence-corrected chi connectivity index (χ3v) is 1.76. The normalized spacial score (nSPS) is 9.93. The van der Waals surface area contributed by atoms with Crippen LogP contribution in [0.25, 0.3) is 0 Å². The summed E-state index contributed by atoms with van der Waals surface area (Å²) in [6.07, 6.45) is 0.0320. The van der Waals surface area contributed by atoms with Gasteiger partial charge in [0, 0.05) is 18.7 Å². The maximum absolute atomic E-state index is 11.2. The Morgan fingerprint density at radius 1 is 1.47 bits per heavy atom. The first-order valence-electron chi connectivity index (χ1n) is 4.63. The van der Waals surface area contributed by atoms with E-state index in [-0.39, 0.29) is 12.2 Å². The van der Waals surface area contributed by atoms with Crippen LogP contribution in [0.15, 0.2) is 24.3 Å². The number of para-hydroxylation sites is 1. The summed E-state index contributed by atoms with van der Waals surface area (Å²) in [5.74, 6) is -0.363. The molecule has 1 aromatic rings. The van der Waals surface area contributed by atoms with E-state index in [1.54, 1.807) is 18.2 Å². The van der Waals surface area contributed by atoms with Crippen molar-refractivity contribution in [2.45, 2.75) is 6.42 Å². The Morgan fingerprint density at radius 3 is 2.87 bits per heavy atom. The minimum Gasteiger partial charge on any atom is -0.508 e. The third kappa shape index (κ3) is 3.97. The molecule has 0 unspecified atom stereocenters. The molecule has 5 nitrogen and oxygen atoms in total. The summed E-state index contributed by atoms with van der Waals surface area (Å²) in [5, 5.41) is 9.38. The van der Waals surface area contributed by atoms with Gasteiger partial charge in [0.05, 0.1) is 6.42 Å². The average molecular weight is 210 g/mol. The number of phenolic OH excluding ortho intramolecular Hbond substituents is 1. The van der Waals surface area contributed by atoms with Gasteiger partial charge in [-0.05, 0) is 6.07 Å². The first-order valence-corrected chi connectivity index (χ1v) is 4.63. The van der Waals surface area contributed by atoms with E-state index >= 15 is 0 Å². The van der Waals surface area contributed by atoms with Gasteiger partial charge in [-0.3, -0.25) is 4.79 Å². The van der Waals surface area contributed by atoms with Gasteiger partial charge < -0.3 is 15.7 Å². The number of hydrogen-bond acceptors (Lipinski definition) is 5. The van der Waals surface area contributed by atoms with E-state index in [4.69, 9.17) is 5.73 Å². The molecule has 0 aromatic heterocycles. The fourth-order valence-electron chi connectivity index (χ4n) is 1.04. The van der Waals surface area contributed by atoms with E-state index in [2.05, 4.69) is 10.3 Å². The molecule has 0 atom stereocenters. The highest BCUT2D eigenvalue weighted by Gasteiger charge is 2.07. The van der Waals surface area contributed by atoms with Gasteiger partial charge in [-0.15, -0.1) is 0 Å². The Kier molecular flexibility index (Phi) is 4.59. The average Bonchev–Trinajstić information content (AvgIpc) is 2.22. The molecule has 15 heavy (non-hydrogen) atoms. The number of carbonyl (C=O) groups is 1. The van der Waals surface area contributed by atoms with E-state index in [1.807, 2.05) is 0 Å². The summed E-state index contributed by atoms with van der Waals surface area (Å²) in [6, 6.07) is 6.63. The molecule has 5 heteroatoms. The number of carbonyl (C=O) groups excluding carboxylic acids is 1. The van der Waals surface area contributed by atoms with Gasteiger partial charge in [-0.2, -0.15) is 5.48 Å². The minimum absolute atomic E-state index is 0.0320. The maximum atomic E-state index is 11.2. The maximum Gasteiger partial charge on any atom is 0.329 e. The second-order valence-electron chi connectivity index (χ2n) is 2.96. The van der Waals surface area contributed by atoms with Crippen LogP contribution in [0, 0.1) is 0 Å². The zero-order valence-corrected chi connectivity index (χ0v) is 8.27. The SMILES string of the molecule is NCCNOC(=O)Cc1ccccc1O. The van der Waals surface area contributed by atoms with Gasteiger partial charge in [0.2, 0.25) is 0 Å². The van der Waals surface area contributed by atoms with Crippen molar-refractivity contribution in [1.29, 1.82) is 0 Å². The quantitative estimate of drug-likeness (QED) is 0.468. The van der Waals surface area contributed by atoms with Crippen molar-refractivity contribution in [1.82, 2.24) is 5.48 Å². The monoisotopic (exact) mass is 210 g/mol. The molecule has 0 aliphatic carbocycles. The Bertz CT molecular complexity index is 328. The van der Waals surface area contributed by atoms with Crippen LogP contribution in [0.3, 0.4) is 0 Å². The summed E-state index contributed by atoms with van der Waals surface area (Å²) in [4.78, 5) is 15.9. The lowest BCUT2D eigenvalue weighted by Crippen LogP contribution is -2.26. The summed E-state index contributed by atoms with van der Waals surface area (Å²) >= 11 is 0. The van der Waals surface area contributed by atoms with Crippen molar-refractivity contribution in [2.24, 2.45) is 5.73 Å². The van der Waals surface area contributed by atoms with Crippen molar-refractivity contribution in [2.75, 3.05) is 13.1 Å². The molecule has 0 fully saturated rings. The van der Waals surface area contributed by atoms with Gasteiger partial charge >= 0.3 is 5.97 Å². The number of rotatable bonds is 5. The van der Waals surface area contributed by atoms with Crippen molar-refractivity contribution < 1.29 is 14.7 Å². The molecule has 1 aromatic carbocycles. The van der Waals surface area contributed by atoms with Crippen LogP contribution in [-0.2, 0) is 16.1 Å². The molecule has 82 valence electrons. The third-order valence-electron chi connectivity index (χ3n) is 1.76. The summed E-state index contributed by atoms with van der Waals surface area (Å²) in [6.45, 7) is 0.802. The predicted octanol–water partition coefficient (Wildman–Crippen LogP) is -0.0588. The van der Waals surface area contributed by atoms with Crippen LogP contribution in [-0.4, -0.2) is 24.2 Å². The van der Waals surface area contributed by atoms with E-state index in [1.165, 1.54) is 6.07 Å². The van der Waals surface area contributed by atoms with Crippen LogP contribution >= 0.6 is 0 Å². The minimum atomic E-state index is -0.454. The second kappa shape index (κ2) is 6.00. The van der Waals surface area contributed by atoms with E-state index < -0.39 is 5.97 Å². The van der Waals surface area contributed by atoms with Crippen molar-refractivity contribution in [3.8, 4) is 5.75 Å². The fourth-order valence-corrected chi connectivity index (χ4v) is 1.04. The lowest BCUT2D eigenvalue weighted by atomic mass is 10.1. The molecule has 0 amide bonds. The zero-order valence-electron chi connectivity index (χ0n) is 8.27.